The Bertz CT molecular complexity index is 808. The van der Waals surface area contributed by atoms with Crippen molar-refractivity contribution in [2.45, 2.75) is 0 Å². The molecule has 1 amide bonds. The monoisotopic (exact) mass is 302 g/mol. The van der Waals surface area contributed by atoms with Gasteiger partial charge in [0.2, 0.25) is 0 Å². The van der Waals surface area contributed by atoms with E-state index < -0.39 is 5.97 Å². The van der Waals surface area contributed by atoms with E-state index in [1.54, 1.807) is 30.3 Å². The van der Waals surface area contributed by atoms with Gasteiger partial charge in [-0.25, -0.2) is 9.78 Å². The molecular formula is C14H10N2O4S. The minimum atomic E-state index is -0.411. The molecule has 0 aliphatic rings. The number of thiazole rings is 1. The number of esters is 1. The van der Waals surface area contributed by atoms with Crippen LogP contribution >= 0.6 is 11.3 Å². The van der Waals surface area contributed by atoms with Gasteiger partial charge in [0.15, 0.2) is 10.9 Å². The maximum absolute atomic E-state index is 11.9. The summed E-state index contributed by atoms with van der Waals surface area (Å²) in [6, 6.07) is 8.22. The molecular weight excluding hydrogens is 292 g/mol. The third kappa shape index (κ3) is 2.63. The van der Waals surface area contributed by atoms with Crippen molar-refractivity contribution < 1.29 is 18.7 Å². The van der Waals surface area contributed by atoms with Gasteiger partial charge in [-0.3, -0.25) is 10.1 Å². The van der Waals surface area contributed by atoms with Gasteiger partial charge in [-0.15, -0.1) is 0 Å². The van der Waals surface area contributed by atoms with E-state index in [0.29, 0.717) is 16.2 Å². The van der Waals surface area contributed by atoms with Gasteiger partial charge < -0.3 is 9.15 Å². The van der Waals surface area contributed by atoms with Crippen LogP contribution < -0.4 is 5.32 Å². The smallest absolute Gasteiger partial charge is 0.337 e. The van der Waals surface area contributed by atoms with Gasteiger partial charge in [-0.2, -0.15) is 0 Å². The topological polar surface area (TPSA) is 81.4 Å². The van der Waals surface area contributed by atoms with E-state index in [2.05, 4.69) is 15.0 Å². The molecule has 7 heteroatoms. The third-order valence-corrected chi connectivity index (χ3v) is 3.71. The van der Waals surface area contributed by atoms with Crippen molar-refractivity contribution in [3.05, 3.63) is 47.9 Å². The first-order chi connectivity index (χ1) is 10.2. The van der Waals surface area contributed by atoms with Gasteiger partial charge in [-0.05, 0) is 30.3 Å². The van der Waals surface area contributed by atoms with E-state index in [1.807, 2.05) is 0 Å². The maximum Gasteiger partial charge on any atom is 0.337 e. The summed E-state index contributed by atoms with van der Waals surface area (Å²) in [5, 5.41) is 3.09. The number of aromatic nitrogens is 1. The Labute approximate surface area is 123 Å². The Balaban J connectivity index is 1.87. The largest absolute Gasteiger partial charge is 0.465 e. The number of hydrogen-bond donors (Lipinski definition) is 1. The maximum atomic E-state index is 11.9. The number of carbonyl (C=O) groups excluding carboxylic acids is 2. The molecule has 0 saturated carbocycles. The lowest BCUT2D eigenvalue weighted by molar-refractivity contribution is 0.0601. The molecule has 0 unspecified atom stereocenters. The number of anilines is 1. The molecule has 106 valence electrons. The number of methoxy groups -OCH3 is 1. The molecule has 0 saturated heterocycles. The number of rotatable bonds is 3. The summed E-state index contributed by atoms with van der Waals surface area (Å²) in [4.78, 5) is 27.6. The van der Waals surface area contributed by atoms with Gasteiger partial charge in [0.05, 0.1) is 29.2 Å². The normalized spacial score (nSPS) is 10.5. The molecule has 1 N–H and O–H groups in total. The summed E-state index contributed by atoms with van der Waals surface area (Å²) < 4.78 is 10.5. The fourth-order valence-corrected chi connectivity index (χ4v) is 2.69. The lowest BCUT2D eigenvalue weighted by atomic mass is 10.2. The Morgan fingerprint density at radius 1 is 1.33 bits per heavy atom. The van der Waals surface area contributed by atoms with Gasteiger partial charge in [0, 0.05) is 0 Å². The first-order valence-electron chi connectivity index (χ1n) is 6.01. The third-order valence-electron chi connectivity index (χ3n) is 2.77. The lowest BCUT2D eigenvalue weighted by Crippen LogP contribution is -2.10. The second-order valence-corrected chi connectivity index (χ2v) is 5.16. The number of benzene rings is 1. The molecule has 2 aromatic heterocycles. The van der Waals surface area contributed by atoms with Crippen LogP contribution in [0.15, 0.2) is 41.0 Å². The van der Waals surface area contributed by atoms with E-state index in [9.17, 15) is 9.59 Å². The van der Waals surface area contributed by atoms with Crippen LogP contribution in [-0.2, 0) is 4.74 Å². The van der Waals surface area contributed by atoms with Crippen molar-refractivity contribution in [2.75, 3.05) is 12.4 Å². The standard InChI is InChI=1S/C14H10N2O4S/c1-19-13(18)8-4-5-9-11(7-8)21-14(15-9)16-12(17)10-3-2-6-20-10/h2-7H,1H3,(H,15,16,17). The molecule has 0 aliphatic carbocycles. The number of nitrogens with one attached hydrogen (secondary N) is 1. The molecule has 6 nitrogen and oxygen atoms in total. The molecule has 0 fully saturated rings. The van der Waals surface area contributed by atoms with Crippen molar-refractivity contribution in [2.24, 2.45) is 0 Å². The average Bonchev–Trinajstić information content (AvgIpc) is 3.14. The molecule has 3 rings (SSSR count). The van der Waals surface area contributed by atoms with E-state index in [0.717, 1.165) is 4.70 Å². The summed E-state index contributed by atoms with van der Waals surface area (Å²) >= 11 is 1.27. The fraction of sp³-hybridized carbons (Fsp3) is 0.0714. The number of fused-ring (bicyclic) bond motifs is 1. The van der Waals surface area contributed by atoms with Crippen molar-refractivity contribution in [1.29, 1.82) is 0 Å². The highest BCUT2D eigenvalue weighted by atomic mass is 32.1. The Hall–Kier alpha value is -2.67. The van der Waals surface area contributed by atoms with Crippen LogP contribution in [0.5, 0.6) is 0 Å². The Kier molecular flexibility index (Phi) is 3.41. The van der Waals surface area contributed by atoms with E-state index in [-0.39, 0.29) is 11.7 Å². The van der Waals surface area contributed by atoms with Crippen LogP contribution in [0.2, 0.25) is 0 Å². The number of furan rings is 1. The average molecular weight is 302 g/mol. The number of hydrogen-bond acceptors (Lipinski definition) is 6. The van der Waals surface area contributed by atoms with Gasteiger partial charge >= 0.3 is 5.97 Å². The van der Waals surface area contributed by atoms with Crippen LogP contribution in [-0.4, -0.2) is 24.0 Å². The zero-order valence-electron chi connectivity index (χ0n) is 11.0. The van der Waals surface area contributed by atoms with Crippen molar-refractivity contribution >= 4 is 38.6 Å². The van der Waals surface area contributed by atoms with E-state index in [1.165, 1.54) is 24.7 Å². The minimum absolute atomic E-state index is 0.213. The highest BCUT2D eigenvalue weighted by molar-refractivity contribution is 7.22. The summed E-state index contributed by atoms with van der Waals surface area (Å²) in [5.41, 5.74) is 1.14. The molecule has 1 aromatic carbocycles. The highest BCUT2D eigenvalue weighted by Crippen LogP contribution is 2.27. The predicted molar refractivity (Wildman–Crippen MR) is 77.6 cm³/mol. The molecule has 0 aliphatic heterocycles. The number of ether oxygens (including phenoxy) is 1. The molecule has 21 heavy (non-hydrogen) atoms. The van der Waals surface area contributed by atoms with Gasteiger partial charge in [0.1, 0.15) is 0 Å². The number of amides is 1. The first-order valence-corrected chi connectivity index (χ1v) is 6.83. The Morgan fingerprint density at radius 3 is 2.90 bits per heavy atom. The van der Waals surface area contributed by atoms with Crippen LogP contribution in [0, 0.1) is 0 Å². The quantitative estimate of drug-likeness (QED) is 0.752. The number of nitrogens with zero attached hydrogens (tertiary/aromatic N) is 1. The molecule has 0 bridgehead atoms. The van der Waals surface area contributed by atoms with Crippen molar-refractivity contribution in [3.8, 4) is 0 Å². The summed E-state index contributed by atoms with van der Waals surface area (Å²) in [6.45, 7) is 0. The Morgan fingerprint density at radius 2 is 2.19 bits per heavy atom. The predicted octanol–water partition coefficient (Wildman–Crippen LogP) is 2.93. The zero-order valence-corrected chi connectivity index (χ0v) is 11.8. The molecule has 2 heterocycles. The highest BCUT2D eigenvalue weighted by Gasteiger charge is 2.13. The fourth-order valence-electron chi connectivity index (χ4n) is 1.79. The van der Waals surface area contributed by atoms with Crippen LogP contribution in [0.4, 0.5) is 5.13 Å². The molecule has 0 radical (unpaired) electrons. The van der Waals surface area contributed by atoms with Crippen LogP contribution in [0.25, 0.3) is 10.2 Å². The van der Waals surface area contributed by atoms with Crippen LogP contribution in [0.3, 0.4) is 0 Å². The van der Waals surface area contributed by atoms with Crippen molar-refractivity contribution in [3.63, 3.8) is 0 Å². The van der Waals surface area contributed by atoms with Crippen molar-refractivity contribution in [1.82, 2.24) is 4.98 Å². The lowest BCUT2D eigenvalue weighted by Gasteiger charge is -1.97. The second kappa shape index (κ2) is 5.37. The second-order valence-electron chi connectivity index (χ2n) is 4.12. The summed E-state index contributed by atoms with van der Waals surface area (Å²) in [7, 11) is 1.33. The first kappa shape index (κ1) is 13.3. The van der Waals surface area contributed by atoms with E-state index in [4.69, 9.17) is 4.42 Å². The molecule has 0 atom stereocenters. The van der Waals surface area contributed by atoms with Gasteiger partial charge in [-0.1, -0.05) is 11.3 Å². The SMILES string of the molecule is COC(=O)c1ccc2nc(NC(=O)c3ccco3)sc2c1. The van der Waals surface area contributed by atoms with E-state index >= 15 is 0 Å². The summed E-state index contributed by atoms with van der Waals surface area (Å²) in [6.07, 6.45) is 1.43. The summed E-state index contributed by atoms with van der Waals surface area (Å²) in [5.74, 6) is -0.566. The molecule has 0 spiro atoms. The van der Waals surface area contributed by atoms with Crippen LogP contribution in [0.1, 0.15) is 20.9 Å². The minimum Gasteiger partial charge on any atom is -0.465 e. The van der Waals surface area contributed by atoms with Gasteiger partial charge in [0.25, 0.3) is 5.91 Å². The zero-order chi connectivity index (χ0) is 14.8. The number of carbonyl (C=O) groups is 2. The molecule has 3 aromatic rings.